The van der Waals surface area contributed by atoms with Gasteiger partial charge in [0.2, 0.25) is 11.8 Å². The Balaban J connectivity index is 2.42. The Morgan fingerprint density at radius 2 is 2.10 bits per heavy atom. The Kier molecular flexibility index (Phi) is 3.92. The maximum Gasteiger partial charge on any atom is 0.387 e. The van der Waals surface area contributed by atoms with Crippen LogP contribution in [0.3, 0.4) is 0 Å². The average Bonchev–Trinajstić information content (AvgIpc) is 2.37. The number of rotatable bonds is 3. The van der Waals surface area contributed by atoms with Crippen LogP contribution in [0.1, 0.15) is 6.92 Å². The average molecular weight is 303 g/mol. The van der Waals surface area contributed by atoms with Gasteiger partial charge in [0, 0.05) is 12.1 Å². The van der Waals surface area contributed by atoms with Crippen molar-refractivity contribution in [3.63, 3.8) is 0 Å². The number of anilines is 2. The van der Waals surface area contributed by atoms with E-state index in [1.807, 2.05) is 0 Å². The van der Waals surface area contributed by atoms with Gasteiger partial charge in [0.15, 0.2) is 11.6 Å². The highest BCUT2D eigenvalue weighted by Gasteiger charge is 2.32. The molecular formula is C12H12F3N3O3. The molecule has 1 aromatic rings. The van der Waals surface area contributed by atoms with Gasteiger partial charge in [-0.1, -0.05) is 0 Å². The lowest BCUT2D eigenvalue weighted by molar-refractivity contribution is -0.132. The fraction of sp³-hybridized carbons (Fsp3) is 0.333. The number of halogens is 3. The molecule has 1 aromatic carbocycles. The normalized spacial score (nSPS) is 18.9. The molecule has 3 N–H and O–H groups in total. The molecule has 0 aliphatic carbocycles. The number of amides is 2. The van der Waals surface area contributed by atoms with E-state index in [-0.39, 0.29) is 17.9 Å². The fourth-order valence-electron chi connectivity index (χ4n) is 2.00. The predicted molar refractivity (Wildman–Crippen MR) is 67.4 cm³/mol. The number of alkyl halides is 2. The predicted octanol–water partition coefficient (Wildman–Crippen LogP) is 0.861. The largest absolute Gasteiger partial charge is 0.432 e. The first-order valence-corrected chi connectivity index (χ1v) is 5.93. The zero-order chi connectivity index (χ0) is 15.7. The standard InChI is InChI=1S/C12H12F3N3O3/c1-5-11(20)17-10(19)4-18(5)8-3-9(21-12(14)15)6(13)2-7(8)16/h2-3,5,12H,4,16H2,1H3,(H,17,19,20). The van der Waals surface area contributed by atoms with Crippen LogP contribution < -0.4 is 20.7 Å². The van der Waals surface area contributed by atoms with Crippen LogP contribution in [0.2, 0.25) is 0 Å². The summed E-state index contributed by atoms with van der Waals surface area (Å²) in [7, 11) is 0. The molecule has 1 saturated heterocycles. The molecule has 0 spiro atoms. The summed E-state index contributed by atoms with van der Waals surface area (Å²) in [5, 5.41) is 2.12. The number of ether oxygens (including phenoxy) is 1. The summed E-state index contributed by atoms with van der Waals surface area (Å²) in [5.41, 5.74) is 5.62. The van der Waals surface area contributed by atoms with Crippen molar-refractivity contribution in [3.05, 3.63) is 17.9 Å². The monoisotopic (exact) mass is 303 g/mol. The molecule has 0 radical (unpaired) electrons. The molecule has 0 bridgehead atoms. The quantitative estimate of drug-likeness (QED) is 0.639. The topological polar surface area (TPSA) is 84.7 Å². The van der Waals surface area contributed by atoms with Crippen LogP contribution in [0.15, 0.2) is 12.1 Å². The van der Waals surface area contributed by atoms with E-state index < -0.39 is 36.0 Å². The number of nitrogens with one attached hydrogen (secondary N) is 1. The minimum Gasteiger partial charge on any atom is -0.432 e. The third-order valence-corrected chi connectivity index (χ3v) is 3.03. The lowest BCUT2D eigenvalue weighted by Gasteiger charge is -2.34. The summed E-state index contributed by atoms with van der Waals surface area (Å²) in [4.78, 5) is 24.3. The molecule has 1 heterocycles. The molecular weight excluding hydrogens is 291 g/mol. The van der Waals surface area contributed by atoms with Crippen molar-refractivity contribution in [2.45, 2.75) is 19.6 Å². The van der Waals surface area contributed by atoms with Gasteiger partial charge in [-0.3, -0.25) is 14.9 Å². The third-order valence-electron chi connectivity index (χ3n) is 3.03. The fourth-order valence-corrected chi connectivity index (χ4v) is 2.00. The first kappa shape index (κ1) is 14.9. The van der Waals surface area contributed by atoms with Crippen LogP contribution in [0, 0.1) is 5.82 Å². The smallest absolute Gasteiger partial charge is 0.387 e. The Bertz CT molecular complexity index is 595. The molecule has 2 rings (SSSR count). The summed E-state index contributed by atoms with van der Waals surface area (Å²) in [5.74, 6) is -2.90. The van der Waals surface area contributed by atoms with E-state index >= 15 is 0 Å². The highest BCUT2D eigenvalue weighted by atomic mass is 19.3. The van der Waals surface area contributed by atoms with Gasteiger partial charge in [0.25, 0.3) is 0 Å². The van der Waals surface area contributed by atoms with Crippen molar-refractivity contribution in [3.8, 4) is 5.75 Å². The molecule has 1 unspecified atom stereocenters. The number of nitrogens with zero attached hydrogens (tertiary/aromatic N) is 1. The molecule has 6 nitrogen and oxygen atoms in total. The second-order valence-corrected chi connectivity index (χ2v) is 4.44. The summed E-state index contributed by atoms with van der Waals surface area (Å²) in [6.07, 6.45) is 0. The number of benzene rings is 1. The summed E-state index contributed by atoms with van der Waals surface area (Å²) >= 11 is 0. The highest BCUT2D eigenvalue weighted by Crippen LogP contribution is 2.33. The third kappa shape index (κ3) is 3.01. The minimum atomic E-state index is -3.21. The van der Waals surface area contributed by atoms with E-state index in [0.29, 0.717) is 0 Å². The van der Waals surface area contributed by atoms with Crippen LogP contribution in [-0.4, -0.2) is 31.0 Å². The van der Waals surface area contributed by atoms with E-state index in [1.54, 1.807) is 0 Å². The zero-order valence-electron chi connectivity index (χ0n) is 10.9. The van der Waals surface area contributed by atoms with Crippen molar-refractivity contribution >= 4 is 23.2 Å². The van der Waals surface area contributed by atoms with Gasteiger partial charge < -0.3 is 15.4 Å². The van der Waals surface area contributed by atoms with Gasteiger partial charge in [0.1, 0.15) is 6.04 Å². The lowest BCUT2D eigenvalue weighted by Crippen LogP contribution is -2.57. The number of carbonyl (C=O) groups is 2. The van der Waals surface area contributed by atoms with Crippen molar-refractivity contribution in [1.82, 2.24) is 5.32 Å². The second-order valence-electron chi connectivity index (χ2n) is 4.44. The molecule has 1 fully saturated rings. The molecule has 0 aromatic heterocycles. The lowest BCUT2D eigenvalue weighted by atomic mass is 10.1. The van der Waals surface area contributed by atoms with Crippen LogP contribution >= 0.6 is 0 Å². The summed E-state index contributed by atoms with van der Waals surface area (Å²) in [6, 6.07) is 0.977. The summed E-state index contributed by atoms with van der Waals surface area (Å²) < 4.78 is 42.0. The van der Waals surface area contributed by atoms with Gasteiger partial charge in [0.05, 0.1) is 17.9 Å². The van der Waals surface area contributed by atoms with E-state index in [0.717, 1.165) is 12.1 Å². The molecule has 0 saturated carbocycles. The van der Waals surface area contributed by atoms with Gasteiger partial charge in [-0.2, -0.15) is 8.78 Å². The van der Waals surface area contributed by atoms with Gasteiger partial charge in [-0.25, -0.2) is 4.39 Å². The minimum absolute atomic E-state index is 0.0720. The number of piperazine rings is 1. The van der Waals surface area contributed by atoms with Gasteiger partial charge >= 0.3 is 6.61 Å². The number of imide groups is 1. The molecule has 1 aliphatic rings. The van der Waals surface area contributed by atoms with Crippen LogP contribution in [0.4, 0.5) is 24.5 Å². The Hall–Kier alpha value is -2.45. The molecule has 114 valence electrons. The van der Waals surface area contributed by atoms with Crippen molar-refractivity contribution in [2.75, 3.05) is 17.2 Å². The zero-order valence-corrected chi connectivity index (χ0v) is 10.9. The van der Waals surface area contributed by atoms with Crippen molar-refractivity contribution < 1.29 is 27.5 Å². The maximum absolute atomic E-state index is 13.5. The highest BCUT2D eigenvalue weighted by molar-refractivity contribution is 6.05. The number of nitrogen functional groups attached to an aromatic ring is 1. The Morgan fingerprint density at radius 3 is 2.71 bits per heavy atom. The summed E-state index contributed by atoms with van der Waals surface area (Å²) in [6.45, 7) is -1.92. The van der Waals surface area contributed by atoms with Crippen molar-refractivity contribution in [2.24, 2.45) is 0 Å². The molecule has 9 heteroatoms. The molecule has 21 heavy (non-hydrogen) atoms. The Labute approximate surface area is 117 Å². The molecule has 1 atom stereocenters. The second kappa shape index (κ2) is 5.51. The van der Waals surface area contributed by atoms with Crippen LogP contribution in [-0.2, 0) is 9.59 Å². The first-order valence-electron chi connectivity index (χ1n) is 5.93. The van der Waals surface area contributed by atoms with Crippen molar-refractivity contribution in [1.29, 1.82) is 0 Å². The molecule has 2 amide bonds. The maximum atomic E-state index is 13.5. The van der Waals surface area contributed by atoms with Crippen LogP contribution in [0.25, 0.3) is 0 Å². The number of hydrogen-bond donors (Lipinski definition) is 2. The van der Waals surface area contributed by atoms with E-state index in [4.69, 9.17) is 5.73 Å². The number of nitrogens with two attached hydrogens (primary N) is 1. The molecule has 1 aliphatic heterocycles. The van der Waals surface area contributed by atoms with E-state index in [9.17, 15) is 22.8 Å². The van der Waals surface area contributed by atoms with Crippen LogP contribution in [0.5, 0.6) is 5.75 Å². The van der Waals surface area contributed by atoms with E-state index in [1.165, 1.54) is 11.8 Å². The number of carbonyl (C=O) groups excluding carboxylic acids is 2. The van der Waals surface area contributed by atoms with Gasteiger partial charge in [-0.05, 0) is 6.92 Å². The first-order chi connectivity index (χ1) is 9.79. The van der Waals surface area contributed by atoms with E-state index in [2.05, 4.69) is 10.1 Å². The Morgan fingerprint density at radius 1 is 1.43 bits per heavy atom. The SMILES string of the molecule is CC1C(=O)NC(=O)CN1c1cc(OC(F)F)c(F)cc1N. The number of hydrogen-bond acceptors (Lipinski definition) is 5. The van der Waals surface area contributed by atoms with Gasteiger partial charge in [-0.15, -0.1) is 0 Å².